The monoisotopic (exact) mass is 324 g/mol. The fraction of sp³-hybridized carbons (Fsp3) is 0.250. The van der Waals surface area contributed by atoms with E-state index in [0.717, 1.165) is 0 Å². The number of nitrogens with zero attached hydrogens (tertiary/aromatic N) is 2. The fourth-order valence-corrected chi connectivity index (χ4v) is 1.91. The summed E-state index contributed by atoms with van der Waals surface area (Å²) in [5, 5.41) is 2.70. The molecule has 6 nitrogen and oxygen atoms in total. The van der Waals surface area contributed by atoms with Gasteiger partial charge in [-0.1, -0.05) is 0 Å². The average molecular weight is 325 g/mol. The molecule has 0 saturated heterocycles. The Balaban J connectivity index is 2.00. The number of nitrogens with one attached hydrogen (secondary N) is 2. The molecular formula is C12H13BrN4O2. The van der Waals surface area contributed by atoms with E-state index >= 15 is 0 Å². The van der Waals surface area contributed by atoms with E-state index in [2.05, 4.69) is 31.2 Å². The summed E-state index contributed by atoms with van der Waals surface area (Å²) in [4.78, 5) is 30.1. The van der Waals surface area contributed by atoms with E-state index in [0.29, 0.717) is 23.3 Å². The second-order valence-electron chi connectivity index (χ2n) is 4.04. The van der Waals surface area contributed by atoms with Gasteiger partial charge in [0, 0.05) is 35.6 Å². The normalized spacial score (nSPS) is 10.4. The molecule has 2 rings (SSSR count). The molecule has 0 unspecified atom stereocenters. The molecule has 19 heavy (non-hydrogen) atoms. The van der Waals surface area contributed by atoms with Gasteiger partial charge in [0.05, 0.1) is 6.33 Å². The lowest BCUT2D eigenvalue weighted by Gasteiger charge is -2.06. The Bertz CT molecular complexity index is 634. The third-order valence-corrected chi connectivity index (χ3v) is 3.46. The zero-order valence-corrected chi connectivity index (χ0v) is 11.9. The second kappa shape index (κ2) is 5.83. The molecule has 0 aliphatic rings. The summed E-state index contributed by atoms with van der Waals surface area (Å²) < 4.78 is 2.54. The van der Waals surface area contributed by atoms with Crippen molar-refractivity contribution in [2.45, 2.75) is 13.5 Å². The quantitative estimate of drug-likeness (QED) is 0.882. The van der Waals surface area contributed by atoms with Gasteiger partial charge >= 0.3 is 0 Å². The maximum Gasteiger partial charge on any atom is 0.261 e. The van der Waals surface area contributed by atoms with Crippen molar-refractivity contribution in [3.63, 3.8) is 0 Å². The number of aryl methyl sites for hydroxylation is 1. The van der Waals surface area contributed by atoms with E-state index < -0.39 is 0 Å². The molecule has 2 aromatic heterocycles. The van der Waals surface area contributed by atoms with Crippen LogP contribution in [0.25, 0.3) is 0 Å². The Kier molecular flexibility index (Phi) is 4.16. The highest BCUT2D eigenvalue weighted by molar-refractivity contribution is 9.10. The lowest BCUT2D eigenvalue weighted by molar-refractivity contribution is 0.0950. The number of carbonyl (C=O) groups is 1. The predicted octanol–water partition coefficient (Wildman–Crippen LogP) is 1.07. The number of pyridine rings is 1. The molecule has 2 N–H and O–H groups in total. The minimum atomic E-state index is -0.388. The zero-order valence-electron chi connectivity index (χ0n) is 10.3. The second-order valence-corrected chi connectivity index (χ2v) is 4.90. The molecule has 0 aliphatic carbocycles. The molecule has 2 heterocycles. The molecule has 0 aliphatic heterocycles. The Labute approximate surface area is 118 Å². The summed E-state index contributed by atoms with van der Waals surface area (Å²) in [7, 11) is 0. The van der Waals surface area contributed by atoms with Crippen molar-refractivity contribution in [2.24, 2.45) is 0 Å². The highest BCUT2D eigenvalue weighted by Gasteiger charge is 2.11. The van der Waals surface area contributed by atoms with Gasteiger partial charge in [-0.2, -0.15) is 0 Å². The van der Waals surface area contributed by atoms with Crippen molar-refractivity contribution in [1.82, 2.24) is 19.9 Å². The Morgan fingerprint density at radius 3 is 3.05 bits per heavy atom. The lowest BCUT2D eigenvalue weighted by Crippen LogP contribution is -2.32. The Hall–Kier alpha value is -1.89. The van der Waals surface area contributed by atoms with Gasteiger partial charge in [0.2, 0.25) is 0 Å². The summed E-state index contributed by atoms with van der Waals surface area (Å²) in [6.07, 6.45) is 5.15. The van der Waals surface area contributed by atoms with Crippen LogP contribution in [0.5, 0.6) is 0 Å². The number of imidazole rings is 1. The van der Waals surface area contributed by atoms with Crippen molar-refractivity contribution in [2.75, 3.05) is 6.54 Å². The number of halogens is 1. The highest BCUT2D eigenvalue weighted by atomic mass is 79.9. The number of aromatic nitrogens is 3. The van der Waals surface area contributed by atoms with E-state index in [1.54, 1.807) is 25.6 Å². The number of H-pyrrole nitrogens is 1. The summed E-state index contributed by atoms with van der Waals surface area (Å²) in [5.41, 5.74) is 0.406. The first-order chi connectivity index (χ1) is 9.08. The van der Waals surface area contributed by atoms with Crippen LogP contribution in [-0.4, -0.2) is 27.0 Å². The maximum absolute atomic E-state index is 11.9. The SMILES string of the molecule is Cc1[nH]c(=O)c(C(=O)NCCn2ccnc2)cc1Br. The van der Waals surface area contributed by atoms with Gasteiger partial charge in [0.15, 0.2) is 0 Å². The van der Waals surface area contributed by atoms with Crippen molar-refractivity contribution in [3.05, 3.63) is 50.9 Å². The van der Waals surface area contributed by atoms with Crippen LogP contribution in [0.3, 0.4) is 0 Å². The molecule has 0 aromatic carbocycles. The van der Waals surface area contributed by atoms with Gasteiger partial charge in [0.25, 0.3) is 11.5 Å². The standard InChI is InChI=1S/C12H13BrN4O2/c1-8-10(13)6-9(12(19)16-8)11(18)15-3-5-17-4-2-14-7-17/h2,4,6-7H,3,5H2,1H3,(H,15,18)(H,16,19). The van der Waals surface area contributed by atoms with Crippen LogP contribution < -0.4 is 10.9 Å². The zero-order chi connectivity index (χ0) is 13.8. The Morgan fingerprint density at radius 1 is 1.58 bits per heavy atom. The van der Waals surface area contributed by atoms with Crippen molar-refractivity contribution in [3.8, 4) is 0 Å². The molecule has 7 heteroatoms. The molecule has 0 fully saturated rings. The number of hydrogen-bond acceptors (Lipinski definition) is 3. The molecule has 2 aromatic rings. The highest BCUT2D eigenvalue weighted by Crippen LogP contribution is 2.12. The van der Waals surface area contributed by atoms with Gasteiger partial charge in [-0.25, -0.2) is 4.98 Å². The summed E-state index contributed by atoms with van der Waals surface area (Å²) in [5.74, 6) is -0.387. The van der Waals surface area contributed by atoms with Gasteiger partial charge in [0.1, 0.15) is 5.56 Å². The number of aromatic amines is 1. The van der Waals surface area contributed by atoms with Gasteiger partial charge in [-0.15, -0.1) is 0 Å². The van der Waals surface area contributed by atoms with Crippen LogP contribution in [0.15, 0.2) is 34.1 Å². The van der Waals surface area contributed by atoms with Crippen LogP contribution >= 0.6 is 15.9 Å². The van der Waals surface area contributed by atoms with Crippen LogP contribution in [0, 0.1) is 6.92 Å². The molecule has 0 bridgehead atoms. The van der Waals surface area contributed by atoms with E-state index in [9.17, 15) is 9.59 Å². The van der Waals surface area contributed by atoms with E-state index in [1.165, 1.54) is 6.07 Å². The van der Waals surface area contributed by atoms with E-state index in [-0.39, 0.29) is 17.0 Å². The molecule has 1 amide bonds. The molecule has 0 saturated carbocycles. The number of carbonyl (C=O) groups excluding carboxylic acids is 1. The number of rotatable bonds is 4. The summed E-state index contributed by atoms with van der Waals surface area (Å²) >= 11 is 3.29. The maximum atomic E-state index is 11.9. The van der Waals surface area contributed by atoms with Gasteiger partial charge in [-0.3, -0.25) is 9.59 Å². The molecule has 100 valence electrons. The largest absolute Gasteiger partial charge is 0.350 e. The third kappa shape index (κ3) is 3.31. The smallest absolute Gasteiger partial charge is 0.261 e. The molecule has 0 radical (unpaired) electrons. The van der Waals surface area contributed by atoms with Gasteiger partial charge in [-0.05, 0) is 28.9 Å². The minimum Gasteiger partial charge on any atom is -0.350 e. The molecule has 0 atom stereocenters. The van der Waals surface area contributed by atoms with Crippen molar-refractivity contribution in [1.29, 1.82) is 0 Å². The van der Waals surface area contributed by atoms with E-state index in [4.69, 9.17) is 0 Å². The topological polar surface area (TPSA) is 79.8 Å². The predicted molar refractivity (Wildman–Crippen MR) is 74.1 cm³/mol. The van der Waals surface area contributed by atoms with Crippen LogP contribution in [0.4, 0.5) is 0 Å². The van der Waals surface area contributed by atoms with Crippen LogP contribution in [0.2, 0.25) is 0 Å². The molecule has 0 spiro atoms. The minimum absolute atomic E-state index is 0.100. The Morgan fingerprint density at radius 2 is 2.37 bits per heavy atom. The van der Waals surface area contributed by atoms with Crippen LogP contribution in [-0.2, 0) is 6.54 Å². The third-order valence-electron chi connectivity index (χ3n) is 2.63. The number of amides is 1. The lowest BCUT2D eigenvalue weighted by atomic mass is 10.2. The number of hydrogen-bond donors (Lipinski definition) is 2. The first-order valence-corrected chi connectivity index (χ1v) is 6.50. The summed E-state index contributed by atoms with van der Waals surface area (Å²) in [6, 6.07) is 1.53. The fourth-order valence-electron chi connectivity index (χ4n) is 1.58. The van der Waals surface area contributed by atoms with Gasteiger partial charge < -0.3 is 14.9 Å². The van der Waals surface area contributed by atoms with Crippen LogP contribution in [0.1, 0.15) is 16.1 Å². The summed E-state index contributed by atoms with van der Waals surface area (Å²) in [6.45, 7) is 2.79. The first kappa shape index (κ1) is 13.5. The average Bonchev–Trinajstić information content (AvgIpc) is 2.86. The van der Waals surface area contributed by atoms with Crippen molar-refractivity contribution < 1.29 is 4.79 Å². The van der Waals surface area contributed by atoms with E-state index in [1.807, 2.05) is 4.57 Å². The first-order valence-electron chi connectivity index (χ1n) is 5.71. The molecular weight excluding hydrogens is 312 g/mol. The van der Waals surface area contributed by atoms with Crippen molar-refractivity contribution >= 4 is 21.8 Å².